The zero-order chi connectivity index (χ0) is 22.1. The van der Waals surface area contributed by atoms with Crippen LogP contribution in [0.2, 0.25) is 0 Å². The Balaban J connectivity index is 1.86. The minimum absolute atomic E-state index is 0.0183. The molecule has 0 spiro atoms. The number of nitrogens with one attached hydrogen (secondary N) is 2. The number of phenolic OH excluding ortho intramolecular Hbond substituents is 2. The molecule has 0 atom stereocenters. The highest BCUT2D eigenvalue weighted by Crippen LogP contribution is 2.38. The van der Waals surface area contributed by atoms with E-state index < -0.39 is 0 Å². The van der Waals surface area contributed by atoms with Gasteiger partial charge in [-0.25, -0.2) is 0 Å². The van der Waals surface area contributed by atoms with Crippen molar-refractivity contribution < 1.29 is 15.0 Å². The maximum Gasteiger partial charge on any atom is 0.289 e. The Morgan fingerprint density at radius 3 is 2.45 bits per heavy atom. The monoisotopic (exact) mass is 421 g/mol. The van der Waals surface area contributed by atoms with Crippen LogP contribution in [0.3, 0.4) is 0 Å². The molecule has 0 aliphatic carbocycles. The fraction of sp³-hybridized carbons (Fsp3) is 0.348. The zero-order valence-corrected chi connectivity index (χ0v) is 17.9. The minimum Gasteiger partial charge on any atom is -0.508 e. The van der Waals surface area contributed by atoms with Crippen LogP contribution in [-0.2, 0) is 0 Å². The van der Waals surface area contributed by atoms with Crippen molar-refractivity contribution in [2.24, 2.45) is 0 Å². The number of aromatic nitrogens is 3. The zero-order valence-electron chi connectivity index (χ0n) is 17.9. The normalized spacial score (nSPS) is 13.9. The van der Waals surface area contributed by atoms with Gasteiger partial charge < -0.3 is 20.8 Å². The molecule has 4 N–H and O–H groups in total. The van der Waals surface area contributed by atoms with E-state index >= 15 is 0 Å². The molecule has 1 aromatic heterocycles. The van der Waals surface area contributed by atoms with Crippen molar-refractivity contribution >= 4 is 5.91 Å². The second-order valence-corrected chi connectivity index (χ2v) is 8.07. The molecule has 0 radical (unpaired) electrons. The summed E-state index contributed by atoms with van der Waals surface area (Å²) in [5.41, 5.74) is 3.02. The minimum atomic E-state index is -0.351. The van der Waals surface area contributed by atoms with Gasteiger partial charge >= 0.3 is 0 Å². The van der Waals surface area contributed by atoms with Gasteiger partial charge in [-0.3, -0.25) is 9.36 Å². The second-order valence-electron chi connectivity index (χ2n) is 8.07. The van der Waals surface area contributed by atoms with Crippen LogP contribution in [0.1, 0.15) is 54.4 Å². The predicted octanol–water partition coefficient (Wildman–Crippen LogP) is 2.91. The first-order valence-electron chi connectivity index (χ1n) is 10.5. The third kappa shape index (κ3) is 3.86. The van der Waals surface area contributed by atoms with Gasteiger partial charge in [-0.05, 0) is 42.2 Å². The lowest BCUT2D eigenvalue weighted by Crippen LogP contribution is -2.39. The largest absolute Gasteiger partial charge is 0.508 e. The molecule has 8 heteroatoms. The van der Waals surface area contributed by atoms with Crippen LogP contribution in [0, 0.1) is 0 Å². The van der Waals surface area contributed by atoms with Crippen molar-refractivity contribution in [2.45, 2.75) is 32.6 Å². The average Bonchev–Trinajstić information content (AvgIpc) is 3.12. The van der Waals surface area contributed by atoms with E-state index in [1.54, 1.807) is 10.6 Å². The van der Waals surface area contributed by atoms with Gasteiger partial charge in [-0.2, -0.15) is 0 Å². The fourth-order valence-electron chi connectivity index (χ4n) is 3.75. The molecular weight excluding hydrogens is 394 g/mol. The first-order chi connectivity index (χ1) is 14.9. The molecule has 0 saturated carbocycles. The Morgan fingerprint density at radius 2 is 1.87 bits per heavy atom. The molecule has 0 unspecified atom stereocenters. The molecule has 4 rings (SSSR count). The molecule has 162 valence electrons. The van der Waals surface area contributed by atoms with Crippen LogP contribution >= 0.6 is 0 Å². The van der Waals surface area contributed by atoms with Gasteiger partial charge in [0, 0.05) is 37.3 Å². The highest BCUT2D eigenvalue weighted by atomic mass is 16.3. The van der Waals surface area contributed by atoms with Gasteiger partial charge in [-0.1, -0.05) is 26.0 Å². The second kappa shape index (κ2) is 8.39. The molecular formula is C23H27N5O3. The summed E-state index contributed by atoms with van der Waals surface area (Å²) in [5, 5.41) is 35.2. The Labute approximate surface area is 181 Å². The smallest absolute Gasteiger partial charge is 0.289 e. The summed E-state index contributed by atoms with van der Waals surface area (Å²) in [5.74, 6) is 0.531. The number of amides is 1. The Kier molecular flexibility index (Phi) is 5.65. The molecule has 1 aliphatic heterocycles. The van der Waals surface area contributed by atoms with Crippen LogP contribution in [0.4, 0.5) is 0 Å². The van der Waals surface area contributed by atoms with Crippen LogP contribution in [-0.4, -0.2) is 50.5 Å². The quantitative estimate of drug-likeness (QED) is 0.487. The first kappa shape index (κ1) is 20.9. The van der Waals surface area contributed by atoms with Gasteiger partial charge in [-0.15, -0.1) is 10.2 Å². The predicted molar refractivity (Wildman–Crippen MR) is 118 cm³/mol. The molecule has 2 heterocycles. The number of benzene rings is 2. The maximum atomic E-state index is 12.7. The van der Waals surface area contributed by atoms with Gasteiger partial charge in [0.15, 0.2) is 5.82 Å². The number of carbonyl (C=O) groups is 1. The summed E-state index contributed by atoms with van der Waals surface area (Å²) in [7, 11) is 0. The SMILES string of the molecule is CCNC(=O)c1nnc(-c2cc(C(C)C)c(O)cc2O)n1-c1ccc(C2CNC2)cc1. The number of rotatable bonds is 6. The molecule has 1 fully saturated rings. The number of phenols is 2. The Hall–Kier alpha value is -3.39. The lowest BCUT2D eigenvalue weighted by molar-refractivity contribution is 0.0943. The van der Waals surface area contributed by atoms with Crippen LogP contribution in [0.15, 0.2) is 36.4 Å². The molecule has 1 saturated heterocycles. The highest BCUT2D eigenvalue weighted by Gasteiger charge is 2.25. The molecule has 1 amide bonds. The summed E-state index contributed by atoms with van der Waals surface area (Å²) in [4.78, 5) is 12.7. The van der Waals surface area contributed by atoms with Crippen molar-refractivity contribution in [2.75, 3.05) is 19.6 Å². The van der Waals surface area contributed by atoms with E-state index in [1.807, 2.05) is 45.0 Å². The fourth-order valence-corrected chi connectivity index (χ4v) is 3.75. The topological polar surface area (TPSA) is 112 Å². The van der Waals surface area contributed by atoms with E-state index in [4.69, 9.17) is 0 Å². The van der Waals surface area contributed by atoms with E-state index in [0.29, 0.717) is 29.4 Å². The van der Waals surface area contributed by atoms with E-state index in [0.717, 1.165) is 18.8 Å². The molecule has 2 aromatic carbocycles. The third-order valence-electron chi connectivity index (χ3n) is 5.62. The van der Waals surface area contributed by atoms with Gasteiger partial charge in [0.25, 0.3) is 5.91 Å². The van der Waals surface area contributed by atoms with Crippen molar-refractivity contribution in [1.29, 1.82) is 0 Å². The summed E-state index contributed by atoms with van der Waals surface area (Å²) in [6, 6.07) is 11.0. The lowest BCUT2D eigenvalue weighted by atomic mass is 9.94. The van der Waals surface area contributed by atoms with E-state index in [1.165, 1.54) is 11.6 Å². The Bertz CT molecular complexity index is 1100. The van der Waals surface area contributed by atoms with Gasteiger partial charge in [0.05, 0.1) is 5.56 Å². The van der Waals surface area contributed by atoms with Crippen molar-refractivity contribution in [3.63, 3.8) is 0 Å². The molecule has 1 aliphatic rings. The number of aromatic hydroxyl groups is 2. The Morgan fingerprint density at radius 1 is 1.16 bits per heavy atom. The van der Waals surface area contributed by atoms with Crippen molar-refractivity contribution in [1.82, 2.24) is 25.4 Å². The third-order valence-corrected chi connectivity index (χ3v) is 5.62. The maximum absolute atomic E-state index is 12.7. The van der Waals surface area contributed by atoms with Gasteiger partial charge in [0.1, 0.15) is 11.5 Å². The van der Waals surface area contributed by atoms with Crippen molar-refractivity contribution in [3.05, 3.63) is 53.3 Å². The van der Waals surface area contributed by atoms with Crippen LogP contribution < -0.4 is 10.6 Å². The van der Waals surface area contributed by atoms with Gasteiger partial charge in [0.2, 0.25) is 5.82 Å². The number of hydrogen-bond acceptors (Lipinski definition) is 6. The number of carbonyl (C=O) groups excluding carboxylic acids is 1. The molecule has 31 heavy (non-hydrogen) atoms. The lowest BCUT2D eigenvalue weighted by Gasteiger charge is -2.27. The summed E-state index contributed by atoms with van der Waals surface area (Å²) in [6.07, 6.45) is 0. The standard InChI is InChI=1S/C23H27N5O3/c1-4-25-23(31)22-27-26-21(18-9-17(13(2)3)19(29)10-20(18)30)28(22)16-7-5-14(6-8-16)15-11-24-12-15/h5-10,13,15,24,29-30H,4,11-12H2,1-3H3,(H,25,31). The van der Waals surface area contributed by atoms with Crippen LogP contribution in [0.5, 0.6) is 11.5 Å². The molecule has 0 bridgehead atoms. The van der Waals surface area contributed by atoms with Crippen molar-refractivity contribution in [3.8, 4) is 28.6 Å². The van der Waals surface area contributed by atoms with E-state index in [9.17, 15) is 15.0 Å². The average molecular weight is 422 g/mol. The number of nitrogens with zero attached hydrogens (tertiary/aromatic N) is 3. The first-order valence-corrected chi connectivity index (χ1v) is 10.5. The van der Waals surface area contributed by atoms with E-state index in [-0.39, 0.29) is 29.1 Å². The molecule has 3 aromatic rings. The summed E-state index contributed by atoms with van der Waals surface area (Å²) < 4.78 is 1.64. The highest BCUT2D eigenvalue weighted by molar-refractivity contribution is 5.92. The molecule has 8 nitrogen and oxygen atoms in total. The van der Waals surface area contributed by atoms with E-state index in [2.05, 4.69) is 20.8 Å². The summed E-state index contributed by atoms with van der Waals surface area (Å²) >= 11 is 0. The van der Waals surface area contributed by atoms with Crippen LogP contribution in [0.25, 0.3) is 17.1 Å². The number of hydrogen-bond donors (Lipinski definition) is 4. The summed E-state index contributed by atoms with van der Waals surface area (Å²) in [6.45, 7) is 8.11.